The minimum atomic E-state index is -0.765. The summed E-state index contributed by atoms with van der Waals surface area (Å²) < 4.78 is 0. The van der Waals surface area contributed by atoms with Gasteiger partial charge in [0.1, 0.15) is 0 Å². The highest BCUT2D eigenvalue weighted by Gasteiger charge is 2.33. The molecule has 1 saturated heterocycles. The minimum absolute atomic E-state index is 0.0278. The molecule has 0 aliphatic carbocycles. The van der Waals surface area contributed by atoms with Crippen molar-refractivity contribution in [2.45, 2.75) is 45.2 Å². The van der Waals surface area contributed by atoms with Gasteiger partial charge in [-0.3, -0.25) is 9.59 Å². The second-order valence-corrected chi connectivity index (χ2v) is 4.45. The zero-order valence-electron chi connectivity index (χ0n) is 9.85. The number of hydrogen-bond donors (Lipinski definition) is 2. The quantitative estimate of drug-likeness (QED) is 0.734. The van der Waals surface area contributed by atoms with E-state index >= 15 is 0 Å². The van der Waals surface area contributed by atoms with E-state index in [1.54, 1.807) is 4.90 Å². The fraction of sp³-hybridized carbons (Fsp3) is 0.818. The second-order valence-electron chi connectivity index (χ2n) is 4.45. The molecule has 0 aromatic carbocycles. The summed E-state index contributed by atoms with van der Waals surface area (Å²) in [5, 5.41) is 8.91. The lowest BCUT2D eigenvalue weighted by molar-refractivity contribution is -0.147. The first-order valence-electron chi connectivity index (χ1n) is 5.76. The molecule has 2 unspecified atom stereocenters. The molecule has 1 amide bonds. The maximum atomic E-state index is 11.9. The molecule has 92 valence electrons. The van der Waals surface area contributed by atoms with Crippen molar-refractivity contribution in [2.75, 3.05) is 6.54 Å². The van der Waals surface area contributed by atoms with Crippen LogP contribution in [0.25, 0.3) is 0 Å². The van der Waals surface area contributed by atoms with E-state index in [4.69, 9.17) is 10.8 Å². The normalized spacial score (nSPS) is 27.6. The number of rotatable bonds is 3. The summed E-state index contributed by atoms with van der Waals surface area (Å²) in [5.41, 5.74) is 5.70. The molecule has 0 spiro atoms. The van der Waals surface area contributed by atoms with Gasteiger partial charge in [-0.05, 0) is 26.2 Å². The Bertz CT molecular complexity index is 280. The Kier molecular flexibility index (Phi) is 4.29. The van der Waals surface area contributed by atoms with Gasteiger partial charge in [-0.25, -0.2) is 0 Å². The lowest BCUT2D eigenvalue weighted by atomic mass is 9.91. The van der Waals surface area contributed by atoms with E-state index in [9.17, 15) is 9.59 Å². The van der Waals surface area contributed by atoms with Crippen LogP contribution in [0.2, 0.25) is 0 Å². The average Bonchev–Trinajstić information content (AvgIpc) is 2.26. The molecule has 5 heteroatoms. The van der Waals surface area contributed by atoms with Gasteiger partial charge in [0.25, 0.3) is 0 Å². The molecule has 0 radical (unpaired) electrons. The lowest BCUT2D eigenvalue weighted by Gasteiger charge is -2.37. The SMILES string of the molecule is CC[C@@H](N)C(=O)N1CCC(C(=O)O)CC1C. The van der Waals surface area contributed by atoms with Gasteiger partial charge in [-0.15, -0.1) is 0 Å². The number of piperidine rings is 1. The molecule has 1 aliphatic heterocycles. The number of carboxylic acids is 1. The van der Waals surface area contributed by atoms with E-state index < -0.39 is 12.0 Å². The summed E-state index contributed by atoms with van der Waals surface area (Å²) >= 11 is 0. The predicted molar refractivity (Wildman–Crippen MR) is 59.8 cm³/mol. The van der Waals surface area contributed by atoms with E-state index in [0.29, 0.717) is 25.8 Å². The smallest absolute Gasteiger partial charge is 0.306 e. The number of amides is 1. The van der Waals surface area contributed by atoms with Crippen LogP contribution in [-0.2, 0) is 9.59 Å². The first-order chi connectivity index (χ1) is 7.47. The highest BCUT2D eigenvalue weighted by atomic mass is 16.4. The number of likely N-dealkylation sites (tertiary alicyclic amines) is 1. The molecular weight excluding hydrogens is 208 g/mol. The largest absolute Gasteiger partial charge is 0.481 e. The zero-order valence-corrected chi connectivity index (χ0v) is 9.85. The number of carbonyl (C=O) groups is 2. The standard InChI is InChI=1S/C11H20N2O3/c1-3-9(12)10(14)13-5-4-8(11(15)16)6-7(13)2/h7-9H,3-6,12H2,1-2H3,(H,15,16)/t7?,8?,9-/m1/s1. The van der Waals surface area contributed by atoms with Crippen LogP contribution in [0, 0.1) is 5.92 Å². The van der Waals surface area contributed by atoms with Crippen LogP contribution in [0.3, 0.4) is 0 Å². The number of hydrogen-bond acceptors (Lipinski definition) is 3. The second kappa shape index (κ2) is 5.30. The van der Waals surface area contributed by atoms with Crippen molar-refractivity contribution >= 4 is 11.9 Å². The lowest BCUT2D eigenvalue weighted by Crippen LogP contribution is -2.51. The monoisotopic (exact) mass is 228 g/mol. The predicted octanol–water partition coefficient (Wildman–Crippen LogP) is 0.435. The first kappa shape index (κ1) is 13.0. The Hall–Kier alpha value is -1.10. The third kappa shape index (κ3) is 2.72. The van der Waals surface area contributed by atoms with E-state index in [-0.39, 0.29) is 17.9 Å². The minimum Gasteiger partial charge on any atom is -0.481 e. The summed E-state index contributed by atoms with van der Waals surface area (Å²) in [6.07, 6.45) is 1.67. The third-order valence-electron chi connectivity index (χ3n) is 3.27. The number of carboxylic acid groups (broad SMARTS) is 1. The Morgan fingerprint density at radius 3 is 2.62 bits per heavy atom. The molecule has 0 saturated carbocycles. The van der Waals surface area contributed by atoms with Crippen LogP contribution in [0.1, 0.15) is 33.1 Å². The van der Waals surface area contributed by atoms with Crippen LogP contribution in [0.4, 0.5) is 0 Å². The molecular formula is C11H20N2O3. The summed E-state index contributed by atoms with van der Waals surface area (Å²) in [7, 11) is 0. The Morgan fingerprint density at radius 1 is 1.56 bits per heavy atom. The maximum Gasteiger partial charge on any atom is 0.306 e. The van der Waals surface area contributed by atoms with Crippen molar-refractivity contribution in [3.63, 3.8) is 0 Å². The topological polar surface area (TPSA) is 83.6 Å². The zero-order chi connectivity index (χ0) is 12.3. The molecule has 0 bridgehead atoms. The highest BCUT2D eigenvalue weighted by Crippen LogP contribution is 2.23. The molecule has 1 heterocycles. The number of nitrogens with zero attached hydrogens (tertiary/aromatic N) is 1. The molecule has 1 rings (SSSR count). The van der Waals surface area contributed by atoms with E-state index in [2.05, 4.69) is 0 Å². The molecule has 5 nitrogen and oxygen atoms in total. The fourth-order valence-corrected chi connectivity index (χ4v) is 2.11. The van der Waals surface area contributed by atoms with Crippen molar-refractivity contribution in [3.05, 3.63) is 0 Å². The maximum absolute atomic E-state index is 11.9. The molecule has 1 fully saturated rings. The van der Waals surface area contributed by atoms with Crippen molar-refractivity contribution in [1.82, 2.24) is 4.90 Å². The van der Waals surface area contributed by atoms with Gasteiger partial charge in [0.2, 0.25) is 5.91 Å². The van der Waals surface area contributed by atoms with Crippen molar-refractivity contribution in [2.24, 2.45) is 11.7 Å². The summed E-state index contributed by atoms with van der Waals surface area (Å²) in [5.74, 6) is -1.14. The van der Waals surface area contributed by atoms with E-state index in [0.717, 1.165) is 0 Å². The fourth-order valence-electron chi connectivity index (χ4n) is 2.11. The van der Waals surface area contributed by atoms with Gasteiger partial charge in [-0.2, -0.15) is 0 Å². The van der Waals surface area contributed by atoms with Crippen molar-refractivity contribution < 1.29 is 14.7 Å². The van der Waals surface area contributed by atoms with Crippen LogP contribution >= 0.6 is 0 Å². The molecule has 3 atom stereocenters. The number of aliphatic carboxylic acids is 1. The summed E-state index contributed by atoms with van der Waals surface area (Å²) in [4.78, 5) is 24.4. The Labute approximate surface area is 95.6 Å². The number of carbonyl (C=O) groups excluding carboxylic acids is 1. The van der Waals surface area contributed by atoms with Crippen molar-refractivity contribution in [3.8, 4) is 0 Å². The molecule has 16 heavy (non-hydrogen) atoms. The van der Waals surface area contributed by atoms with Gasteiger partial charge < -0.3 is 15.7 Å². The van der Waals surface area contributed by atoms with Gasteiger partial charge in [0, 0.05) is 12.6 Å². The van der Waals surface area contributed by atoms with Crippen LogP contribution < -0.4 is 5.73 Å². The highest BCUT2D eigenvalue weighted by molar-refractivity contribution is 5.82. The van der Waals surface area contributed by atoms with Crippen LogP contribution in [0.5, 0.6) is 0 Å². The van der Waals surface area contributed by atoms with Crippen LogP contribution in [0.15, 0.2) is 0 Å². The molecule has 0 aromatic heterocycles. The summed E-state index contributed by atoms with van der Waals surface area (Å²) in [6.45, 7) is 4.26. The van der Waals surface area contributed by atoms with E-state index in [1.165, 1.54) is 0 Å². The average molecular weight is 228 g/mol. The molecule has 0 aromatic rings. The van der Waals surface area contributed by atoms with Gasteiger partial charge in [0.15, 0.2) is 0 Å². The summed E-state index contributed by atoms with van der Waals surface area (Å²) in [6, 6.07) is -0.483. The van der Waals surface area contributed by atoms with E-state index in [1.807, 2.05) is 13.8 Å². The van der Waals surface area contributed by atoms with Gasteiger partial charge in [0.05, 0.1) is 12.0 Å². The Balaban J connectivity index is 2.60. The van der Waals surface area contributed by atoms with Gasteiger partial charge >= 0.3 is 5.97 Å². The number of nitrogens with two attached hydrogens (primary N) is 1. The third-order valence-corrected chi connectivity index (χ3v) is 3.27. The Morgan fingerprint density at radius 2 is 2.19 bits per heavy atom. The van der Waals surface area contributed by atoms with Gasteiger partial charge in [-0.1, -0.05) is 6.92 Å². The first-order valence-corrected chi connectivity index (χ1v) is 5.76. The van der Waals surface area contributed by atoms with Crippen LogP contribution in [-0.4, -0.2) is 40.5 Å². The molecule has 1 aliphatic rings. The molecule has 3 N–H and O–H groups in total. The van der Waals surface area contributed by atoms with Crippen molar-refractivity contribution in [1.29, 1.82) is 0 Å².